The van der Waals surface area contributed by atoms with E-state index >= 15 is 0 Å². The molecule has 0 bridgehead atoms. The molecule has 0 spiro atoms. The number of nitrogens with zero attached hydrogens (tertiary/aromatic N) is 3. The van der Waals surface area contributed by atoms with E-state index in [0.29, 0.717) is 23.9 Å². The van der Waals surface area contributed by atoms with Crippen molar-refractivity contribution in [3.05, 3.63) is 16.1 Å². The van der Waals surface area contributed by atoms with Crippen molar-refractivity contribution in [2.45, 2.75) is 58.8 Å². The topological polar surface area (TPSA) is 53.5 Å². The van der Waals surface area contributed by atoms with Crippen LogP contribution in [0.2, 0.25) is 0 Å². The molecule has 2 fully saturated rings. The van der Waals surface area contributed by atoms with Crippen molar-refractivity contribution < 1.29 is 9.59 Å². The second-order valence-corrected chi connectivity index (χ2v) is 9.88. The summed E-state index contributed by atoms with van der Waals surface area (Å²) >= 11 is 1.49. The van der Waals surface area contributed by atoms with Crippen LogP contribution in [0.4, 0.5) is 0 Å². The van der Waals surface area contributed by atoms with Gasteiger partial charge in [-0.05, 0) is 31.6 Å². The molecule has 144 valence electrons. The smallest absolute Gasteiger partial charge is 0.265 e. The van der Waals surface area contributed by atoms with E-state index in [0.717, 1.165) is 49.7 Å². The molecular formula is C20H31N3O2S. The van der Waals surface area contributed by atoms with Gasteiger partial charge in [-0.3, -0.25) is 9.59 Å². The number of thiazole rings is 1. The first-order valence-electron chi connectivity index (χ1n) is 9.80. The van der Waals surface area contributed by atoms with E-state index in [4.69, 9.17) is 0 Å². The summed E-state index contributed by atoms with van der Waals surface area (Å²) in [5.41, 5.74) is -0.0332. The average molecular weight is 378 g/mol. The molecule has 2 saturated heterocycles. The van der Waals surface area contributed by atoms with Crippen molar-refractivity contribution in [3.8, 4) is 0 Å². The second kappa shape index (κ2) is 7.67. The summed E-state index contributed by atoms with van der Waals surface area (Å²) in [5.74, 6) is 1.18. The van der Waals surface area contributed by atoms with Crippen LogP contribution in [0.25, 0.3) is 0 Å². The van der Waals surface area contributed by atoms with E-state index < -0.39 is 0 Å². The van der Waals surface area contributed by atoms with Crippen LogP contribution >= 0.6 is 11.3 Å². The Balaban J connectivity index is 1.54. The summed E-state index contributed by atoms with van der Waals surface area (Å²) in [6.07, 6.45) is 5.50. The van der Waals surface area contributed by atoms with Crippen LogP contribution in [-0.2, 0) is 10.2 Å². The molecule has 2 aliphatic heterocycles. The van der Waals surface area contributed by atoms with Crippen LogP contribution in [0.5, 0.6) is 0 Å². The summed E-state index contributed by atoms with van der Waals surface area (Å²) in [6.45, 7) is 11.7. The molecule has 0 radical (unpaired) electrons. The van der Waals surface area contributed by atoms with E-state index in [1.807, 2.05) is 9.80 Å². The molecular weight excluding hydrogens is 346 g/mol. The van der Waals surface area contributed by atoms with Crippen LogP contribution < -0.4 is 0 Å². The van der Waals surface area contributed by atoms with Crippen LogP contribution in [0.1, 0.15) is 68.1 Å². The number of likely N-dealkylation sites (tertiary alicyclic amines) is 2. The molecule has 1 aromatic rings. The largest absolute Gasteiger partial charge is 0.342 e. The van der Waals surface area contributed by atoms with Crippen LogP contribution in [0.15, 0.2) is 6.20 Å². The highest BCUT2D eigenvalue weighted by Crippen LogP contribution is 2.29. The number of amides is 2. The van der Waals surface area contributed by atoms with Crippen molar-refractivity contribution in [2.24, 2.45) is 11.8 Å². The first-order valence-corrected chi connectivity index (χ1v) is 10.6. The van der Waals surface area contributed by atoms with Crippen LogP contribution in [-0.4, -0.2) is 52.8 Å². The van der Waals surface area contributed by atoms with Crippen molar-refractivity contribution in [1.29, 1.82) is 0 Å². The lowest BCUT2D eigenvalue weighted by Gasteiger charge is -2.36. The standard InChI is InChI=1S/C20H31N3O2S/c1-14-5-9-22(10-6-14)17(24)15-7-11-23(12-8-15)18(25)16-13-21-19(26-16)20(2,3)4/h13-15H,5-12H2,1-4H3. The summed E-state index contributed by atoms with van der Waals surface area (Å²) in [5, 5.41) is 0.991. The Hall–Kier alpha value is -1.43. The van der Waals surface area contributed by atoms with Gasteiger partial charge in [0, 0.05) is 37.5 Å². The molecule has 2 amide bonds. The molecule has 3 rings (SSSR count). The third kappa shape index (κ3) is 4.27. The molecule has 0 N–H and O–H groups in total. The maximum absolute atomic E-state index is 12.8. The molecule has 0 aliphatic carbocycles. The number of hydrogen-bond donors (Lipinski definition) is 0. The molecule has 0 aromatic carbocycles. The molecule has 0 atom stereocenters. The maximum atomic E-state index is 12.8. The predicted molar refractivity (Wildman–Crippen MR) is 104 cm³/mol. The van der Waals surface area contributed by atoms with Gasteiger partial charge in [0.2, 0.25) is 5.91 Å². The molecule has 0 saturated carbocycles. The number of hydrogen-bond acceptors (Lipinski definition) is 4. The molecule has 1 aromatic heterocycles. The van der Waals surface area contributed by atoms with Crippen molar-refractivity contribution in [3.63, 3.8) is 0 Å². The number of piperidine rings is 2. The van der Waals surface area contributed by atoms with Crippen molar-refractivity contribution in [1.82, 2.24) is 14.8 Å². The summed E-state index contributed by atoms with van der Waals surface area (Å²) in [4.78, 5) is 34.6. The lowest BCUT2D eigenvalue weighted by atomic mass is 9.92. The highest BCUT2D eigenvalue weighted by atomic mass is 32.1. The Morgan fingerprint density at radius 3 is 2.15 bits per heavy atom. The molecule has 6 heteroatoms. The fraction of sp³-hybridized carbons (Fsp3) is 0.750. The van der Waals surface area contributed by atoms with E-state index in [2.05, 4.69) is 32.7 Å². The van der Waals surface area contributed by atoms with Gasteiger partial charge < -0.3 is 9.80 Å². The second-order valence-electron chi connectivity index (χ2n) is 8.85. The molecule has 26 heavy (non-hydrogen) atoms. The summed E-state index contributed by atoms with van der Waals surface area (Å²) in [7, 11) is 0. The zero-order valence-corrected chi connectivity index (χ0v) is 17.3. The van der Waals surface area contributed by atoms with Gasteiger partial charge in [-0.1, -0.05) is 27.7 Å². The predicted octanol–water partition coefficient (Wildman–Crippen LogP) is 3.55. The van der Waals surface area contributed by atoms with Crippen LogP contribution in [0.3, 0.4) is 0 Å². The monoisotopic (exact) mass is 377 g/mol. The maximum Gasteiger partial charge on any atom is 0.265 e. The quantitative estimate of drug-likeness (QED) is 0.792. The van der Waals surface area contributed by atoms with Crippen molar-refractivity contribution >= 4 is 23.2 Å². The van der Waals surface area contributed by atoms with Crippen molar-refractivity contribution in [2.75, 3.05) is 26.2 Å². The third-order valence-electron chi connectivity index (χ3n) is 5.58. The van der Waals surface area contributed by atoms with Gasteiger partial charge >= 0.3 is 0 Å². The lowest BCUT2D eigenvalue weighted by Crippen LogP contribution is -2.46. The number of carbonyl (C=O) groups is 2. The van der Waals surface area contributed by atoms with Gasteiger partial charge in [0.05, 0.1) is 11.2 Å². The minimum atomic E-state index is -0.0332. The Morgan fingerprint density at radius 1 is 1.04 bits per heavy atom. The average Bonchev–Trinajstić information content (AvgIpc) is 3.12. The molecule has 0 unspecified atom stereocenters. The molecule has 5 nitrogen and oxygen atoms in total. The van der Waals surface area contributed by atoms with E-state index in [1.54, 1.807) is 6.20 Å². The van der Waals surface area contributed by atoms with Gasteiger partial charge in [-0.25, -0.2) is 4.98 Å². The summed E-state index contributed by atoms with van der Waals surface area (Å²) < 4.78 is 0. The zero-order valence-electron chi connectivity index (χ0n) is 16.5. The van der Waals surface area contributed by atoms with Gasteiger partial charge in [0.15, 0.2) is 0 Å². The van der Waals surface area contributed by atoms with Gasteiger partial charge in [0.1, 0.15) is 4.88 Å². The van der Waals surface area contributed by atoms with E-state index in [1.165, 1.54) is 11.3 Å². The Morgan fingerprint density at radius 2 is 1.62 bits per heavy atom. The number of carbonyl (C=O) groups excluding carboxylic acids is 2. The van der Waals surface area contributed by atoms with Gasteiger partial charge in [0.25, 0.3) is 5.91 Å². The van der Waals surface area contributed by atoms with E-state index in [-0.39, 0.29) is 17.2 Å². The fourth-order valence-electron chi connectivity index (χ4n) is 3.69. The Kier molecular flexibility index (Phi) is 5.70. The first kappa shape index (κ1) is 19.3. The molecule has 2 aliphatic rings. The minimum absolute atomic E-state index is 0.0332. The minimum Gasteiger partial charge on any atom is -0.342 e. The first-order chi connectivity index (χ1) is 12.3. The summed E-state index contributed by atoms with van der Waals surface area (Å²) in [6, 6.07) is 0. The lowest BCUT2D eigenvalue weighted by molar-refractivity contribution is -0.138. The van der Waals surface area contributed by atoms with Gasteiger partial charge in [-0.15, -0.1) is 11.3 Å². The normalized spacial score (nSPS) is 20.5. The Bertz CT molecular complexity index is 648. The fourth-order valence-corrected chi connectivity index (χ4v) is 4.63. The SMILES string of the molecule is CC1CCN(C(=O)C2CCN(C(=O)c3cnc(C(C)(C)C)s3)CC2)CC1. The van der Waals surface area contributed by atoms with Gasteiger partial charge in [-0.2, -0.15) is 0 Å². The van der Waals surface area contributed by atoms with E-state index in [9.17, 15) is 9.59 Å². The van der Waals surface area contributed by atoms with Crippen LogP contribution in [0, 0.1) is 11.8 Å². The number of aromatic nitrogens is 1. The molecule has 3 heterocycles. The Labute approximate surface area is 160 Å². The highest BCUT2D eigenvalue weighted by molar-refractivity contribution is 7.13. The highest BCUT2D eigenvalue weighted by Gasteiger charge is 2.32. The number of rotatable bonds is 2. The zero-order chi connectivity index (χ0) is 18.9. The third-order valence-corrected chi connectivity index (χ3v) is 7.00.